The van der Waals surface area contributed by atoms with Crippen LogP contribution in [-0.2, 0) is 20.9 Å². The fraction of sp³-hybridized carbons (Fsp3) is 0.474. The molecule has 1 aromatic carbocycles. The predicted octanol–water partition coefficient (Wildman–Crippen LogP) is 2.61. The van der Waals surface area contributed by atoms with Crippen molar-refractivity contribution in [1.29, 1.82) is 0 Å². The molecule has 1 aliphatic rings. The zero-order valence-electron chi connectivity index (χ0n) is 14.9. The van der Waals surface area contributed by atoms with Crippen molar-refractivity contribution >= 4 is 11.9 Å². The highest BCUT2D eigenvalue weighted by Crippen LogP contribution is 2.27. The van der Waals surface area contributed by atoms with Crippen molar-refractivity contribution in [2.24, 2.45) is 5.92 Å². The molecule has 1 N–H and O–H groups in total. The highest BCUT2D eigenvalue weighted by atomic mass is 16.5. The Kier molecular flexibility index (Phi) is 6.86. The number of amides is 1. The zero-order chi connectivity index (χ0) is 18.2. The highest BCUT2D eigenvalue weighted by Gasteiger charge is 2.24. The molecule has 1 aromatic rings. The Labute approximate surface area is 148 Å². The molecule has 0 bridgehead atoms. The van der Waals surface area contributed by atoms with Crippen molar-refractivity contribution in [3.63, 3.8) is 0 Å². The quantitative estimate of drug-likeness (QED) is 0.606. The van der Waals surface area contributed by atoms with Crippen molar-refractivity contribution in [1.82, 2.24) is 5.32 Å². The van der Waals surface area contributed by atoms with Crippen LogP contribution in [0, 0.1) is 5.92 Å². The van der Waals surface area contributed by atoms with Crippen molar-refractivity contribution in [3.8, 4) is 11.5 Å². The summed E-state index contributed by atoms with van der Waals surface area (Å²) in [5, 5.41) is 2.77. The lowest BCUT2D eigenvalue weighted by atomic mass is 9.95. The van der Waals surface area contributed by atoms with Crippen LogP contribution < -0.4 is 14.8 Å². The van der Waals surface area contributed by atoms with E-state index in [0.29, 0.717) is 24.5 Å². The average Bonchev–Trinajstić information content (AvgIpc) is 2.66. The van der Waals surface area contributed by atoms with Crippen LogP contribution in [0.4, 0.5) is 0 Å². The summed E-state index contributed by atoms with van der Waals surface area (Å²) in [5.74, 6) is 0.444. The lowest BCUT2D eigenvalue weighted by Crippen LogP contribution is -2.36. The van der Waals surface area contributed by atoms with Gasteiger partial charge in [-0.1, -0.05) is 18.2 Å². The maximum Gasteiger partial charge on any atom is 0.310 e. The van der Waals surface area contributed by atoms with E-state index in [1.54, 1.807) is 33.3 Å². The van der Waals surface area contributed by atoms with Crippen LogP contribution in [0.1, 0.15) is 31.7 Å². The fourth-order valence-electron chi connectivity index (χ4n) is 2.66. The van der Waals surface area contributed by atoms with E-state index in [0.717, 1.165) is 18.4 Å². The maximum absolute atomic E-state index is 12.2. The summed E-state index contributed by atoms with van der Waals surface area (Å²) in [6.07, 6.45) is 5.55. The number of rotatable bonds is 7. The van der Waals surface area contributed by atoms with E-state index >= 15 is 0 Å². The topological polar surface area (TPSA) is 73.9 Å². The molecule has 0 heterocycles. The van der Waals surface area contributed by atoms with Gasteiger partial charge in [-0.15, -0.1) is 0 Å². The standard InChI is InChI=1S/C19H25NO5/c1-13(25-19(22)15-7-5-4-6-8-15)18(21)20-12-14-9-10-16(23-2)17(11-14)24-3/h4-5,9-11,13,15H,6-8,12H2,1-3H3,(H,20,21)/t13-,15-/m0/s1. The predicted molar refractivity (Wildman–Crippen MR) is 93.4 cm³/mol. The first-order valence-corrected chi connectivity index (χ1v) is 8.39. The second-order valence-electron chi connectivity index (χ2n) is 5.97. The van der Waals surface area contributed by atoms with Gasteiger partial charge in [-0.25, -0.2) is 0 Å². The number of methoxy groups -OCH3 is 2. The first-order valence-electron chi connectivity index (χ1n) is 8.39. The van der Waals surface area contributed by atoms with Gasteiger partial charge in [-0.2, -0.15) is 0 Å². The number of ether oxygens (including phenoxy) is 3. The summed E-state index contributed by atoms with van der Waals surface area (Å²) >= 11 is 0. The minimum Gasteiger partial charge on any atom is -0.493 e. The van der Waals surface area contributed by atoms with Gasteiger partial charge in [0, 0.05) is 6.54 Å². The van der Waals surface area contributed by atoms with Crippen LogP contribution >= 0.6 is 0 Å². The molecule has 0 saturated carbocycles. The minimum atomic E-state index is -0.821. The summed E-state index contributed by atoms with van der Waals surface area (Å²) in [5.41, 5.74) is 0.863. The molecule has 1 amide bonds. The van der Waals surface area contributed by atoms with Gasteiger partial charge >= 0.3 is 5.97 Å². The molecule has 2 atom stereocenters. The normalized spacial score (nSPS) is 17.5. The number of hydrogen-bond donors (Lipinski definition) is 1. The average molecular weight is 347 g/mol. The minimum absolute atomic E-state index is 0.147. The molecule has 6 heteroatoms. The number of nitrogens with one attached hydrogen (secondary N) is 1. The molecule has 1 aliphatic carbocycles. The van der Waals surface area contributed by atoms with Crippen LogP contribution in [0.15, 0.2) is 30.4 Å². The Morgan fingerprint density at radius 3 is 2.60 bits per heavy atom. The Morgan fingerprint density at radius 2 is 1.96 bits per heavy atom. The van der Waals surface area contributed by atoms with Gasteiger partial charge in [0.2, 0.25) is 0 Å². The third-order valence-corrected chi connectivity index (χ3v) is 4.18. The molecule has 0 saturated heterocycles. The molecule has 0 spiro atoms. The first kappa shape index (κ1) is 18.8. The summed E-state index contributed by atoms with van der Waals surface area (Å²) in [4.78, 5) is 24.2. The van der Waals surface area contributed by atoms with E-state index in [-0.39, 0.29) is 17.8 Å². The van der Waals surface area contributed by atoms with Crippen molar-refractivity contribution in [3.05, 3.63) is 35.9 Å². The lowest BCUT2D eigenvalue weighted by Gasteiger charge is -2.19. The Hall–Kier alpha value is -2.50. The molecule has 2 rings (SSSR count). The number of hydrogen-bond acceptors (Lipinski definition) is 5. The van der Waals surface area contributed by atoms with E-state index in [4.69, 9.17) is 14.2 Å². The molecule has 0 aliphatic heterocycles. The number of benzene rings is 1. The van der Waals surface area contributed by atoms with E-state index in [9.17, 15) is 9.59 Å². The molecular weight excluding hydrogens is 322 g/mol. The largest absolute Gasteiger partial charge is 0.493 e. The summed E-state index contributed by atoms with van der Waals surface area (Å²) < 4.78 is 15.7. The van der Waals surface area contributed by atoms with E-state index in [1.165, 1.54) is 0 Å². The Balaban J connectivity index is 1.84. The molecule has 0 radical (unpaired) electrons. The molecular formula is C19H25NO5. The molecule has 0 fully saturated rings. The molecule has 6 nitrogen and oxygen atoms in total. The third kappa shape index (κ3) is 5.24. The highest BCUT2D eigenvalue weighted by molar-refractivity contribution is 5.84. The second kappa shape index (κ2) is 9.11. The SMILES string of the molecule is COc1ccc(CNC(=O)[C@H](C)OC(=O)[C@H]2CC=CCC2)cc1OC. The second-order valence-corrected chi connectivity index (χ2v) is 5.97. The van der Waals surface area contributed by atoms with Gasteiger partial charge in [-0.3, -0.25) is 9.59 Å². The van der Waals surface area contributed by atoms with Crippen molar-refractivity contribution in [2.75, 3.05) is 14.2 Å². The van der Waals surface area contributed by atoms with E-state index in [2.05, 4.69) is 11.4 Å². The molecule has 136 valence electrons. The van der Waals surface area contributed by atoms with Gasteiger partial charge in [0.05, 0.1) is 20.1 Å². The number of esters is 1. The number of allylic oxidation sites excluding steroid dienone is 2. The number of carbonyl (C=O) groups excluding carboxylic acids is 2. The van der Waals surface area contributed by atoms with Crippen molar-refractivity contribution < 1.29 is 23.8 Å². The molecule has 0 aromatic heterocycles. The number of carbonyl (C=O) groups is 2. The first-order chi connectivity index (χ1) is 12.0. The van der Waals surface area contributed by atoms with Gasteiger partial charge in [0.25, 0.3) is 5.91 Å². The van der Waals surface area contributed by atoms with E-state index < -0.39 is 6.10 Å². The Bertz CT molecular complexity index is 641. The lowest BCUT2D eigenvalue weighted by molar-refractivity contribution is -0.159. The van der Waals surface area contributed by atoms with Crippen molar-refractivity contribution in [2.45, 2.75) is 38.8 Å². The summed E-state index contributed by atoms with van der Waals surface area (Å²) in [6, 6.07) is 5.41. The smallest absolute Gasteiger partial charge is 0.310 e. The zero-order valence-corrected chi connectivity index (χ0v) is 14.9. The van der Waals surface area contributed by atoms with Gasteiger partial charge in [0.15, 0.2) is 17.6 Å². The summed E-state index contributed by atoms with van der Waals surface area (Å²) in [6.45, 7) is 1.90. The van der Waals surface area contributed by atoms with Crippen LogP contribution in [0.2, 0.25) is 0 Å². The van der Waals surface area contributed by atoms with Gasteiger partial charge < -0.3 is 19.5 Å². The summed E-state index contributed by atoms with van der Waals surface area (Å²) in [7, 11) is 3.12. The third-order valence-electron chi connectivity index (χ3n) is 4.18. The van der Waals surface area contributed by atoms with E-state index in [1.807, 2.05) is 12.1 Å². The fourth-order valence-corrected chi connectivity index (χ4v) is 2.66. The van der Waals surface area contributed by atoms with Crippen LogP contribution in [0.3, 0.4) is 0 Å². The molecule has 0 unspecified atom stereocenters. The molecule has 25 heavy (non-hydrogen) atoms. The monoisotopic (exact) mass is 347 g/mol. The Morgan fingerprint density at radius 1 is 1.20 bits per heavy atom. The van der Waals surface area contributed by atoms with Gasteiger partial charge in [-0.05, 0) is 43.9 Å². The van der Waals surface area contributed by atoms with Crippen LogP contribution in [-0.4, -0.2) is 32.2 Å². The maximum atomic E-state index is 12.2. The van der Waals surface area contributed by atoms with Crippen LogP contribution in [0.25, 0.3) is 0 Å². The van der Waals surface area contributed by atoms with Crippen LogP contribution in [0.5, 0.6) is 11.5 Å². The van der Waals surface area contributed by atoms with Gasteiger partial charge in [0.1, 0.15) is 0 Å².